The van der Waals surface area contributed by atoms with Crippen LogP contribution in [0.5, 0.6) is 0 Å². The van der Waals surface area contributed by atoms with Gasteiger partial charge in [0.1, 0.15) is 0 Å². The third-order valence-electron chi connectivity index (χ3n) is 3.87. The lowest BCUT2D eigenvalue weighted by atomic mass is 9.98. The second-order valence-electron chi connectivity index (χ2n) is 7.68. The van der Waals surface area contributed by atoms with E-state index in [1.165, 1.54) is 32.2 Å². The van der Waals surface area contributed by atoms with Crippen molar-refractivity contribution in [2.24, 2.45) is 0 Å². The summed E-state index contributed by atoms with van der Waals surface area (Å²) in [5.74, 6) is 0. The average molecular weight is 284 g/mol. The summed E-state index contributed by atoms with van der Waals surface area (Å²) in [6, 6.07) is 0.660. The van der Waals surface area contributed by atoms with Gasteiger partial charge in [0.25, 0.3) is 0 Å². The van der Waals surface area contributed by atoms with Gasteiger partial charge in [0.05, 0.1) is 11.2 Å². The lowest BCUT2D eigenvalue weighted by molar-refractivity contribution is -0.180. The molecule has 0 aliphatic carbocycles. The summed E-state index contributed by atoms with van der Waals surface area (Å²) in [5.41, 5.74) is -0.0323. The number of hydrogen-bond acceptors (Lipinski definition) is 3. The van der Waals surface area contributed by atoms with E-state index in [0.717, 1.165) is 19.6 Å². The molecule has 20 heavy (non-hydrogen) atoms. The first kappa shape index (κ1) is 17.9. The zero-order valence-corrected chi connectivity index (χ0v) is 14.6. The molecule has 1 fully saturated rings. The van der Waals surface area contributed by atoms with Crippen LogP contribution in [0, 0.1) is 0 Å². The van der Waals surface area contributed by atoms with Gasteiger partial charge in [0, 0.05) is 19.1 Å². The monoisotopic (exact) mass is 284 g/mol. The lowest BCUT2D eigenvalue weighted by Crippen LogP contribution is -2.57. The van der Waals surface area contributed by atoms with E-state index in [-0.39, 0.29) is 11.2 Å². The van der Waals surface area contributed by atoms with Gasteiger partial charge in [-0.1, -0.05) is 13.3 Å². The molecular weight excluding hydrogens is 248 g/mol. The molecule has 0 saturated carbocycles. The van der Waals surface area contributed by atoms with Crippen LogP contribution in [0.3, 0.4) is 0 Å². The zero-order valence-electron chi connectivity index (χ0n) is 14.6. The molecule has 1 rings (SSSR count). The van der Waals surface area contributed by atoms with Crippen molar-refractivity contribution < 1.29 is 4.74 Å². The Labute approximate surface area is 126 Å². The molecule has 3 heteroatoms. The highest BCUT2D eigenvalue weighted by atomic mass is 16.5. The van der Waals surface area contributed by atoms with E-state index < -0.39 is 0 Å². The molecule has 1 heterocycles. The fraction of sp³-hybridized carbons (Fsp3) is 1.00. The van der Waals surface area contributed by atoms with Crippen molar-refractivity contribution in [1.82, 2.24) is 10.2 Å². The smallest absolute Gasteiger partial charge is 0.0760 e. The van der Waals surface area contributed by atoms with E-state index in [9.17, 15) is 0 Å². The standard InChI is InChI=1S/C17H36N2O/c1-7-11-18-15(2)10-8-9-12-19-13-16(3,4)20-17(5,6)14-19/h15,18H,7-14H2,1-6H3. The number of morpholine rings is 1. The molecule has 0 spiro atoms. The topological polar surface area (TPSA) is 24.5 Å². The Bertz CT molecular complexity index is 260. The second kappa shape index (κ2) is 7.77. The van der Waals surface area contributed by atoms with Gasteiger partial charge in [0.2, 0.25) is 0 Å². The van der Waals surface area contributed by atoms with Crippen molar-refractivity contribution in [2.45, 2.75) is 84.5 Å². The lowest BCUT2D eigenvalue weighted by Gasteiger charge is -2.47. The van der Waals surface area contributed by atoms with E-state index >= 15 is 0 Å². The number of ether oxygens (including phenoxy) is 1. The Hall–Kier alpha value is -0.120. The van der Waals surface area contributed by atoms with E-state index in [1.54, 1.807) is 0 Å². The summed E-state index contributed by atoms with van der Waals surface area (Å²) in [7, 11) is 0. The molecule has 0 aromatic rings. The first-order valence-corrected chi connectivity index (χ1v) is 8.40. The van der Waals surface area contributed by atoms with E-state index in [4.69, 9.17) is 4.74 Å². The third-order valence-corrected chi connectivity index (χ3v) is 3.87. The van der Waals surface area contributed by atoms with Crippen LogP contribution in [0.2, 0.25) is 0 Å². The molecule has 0 aromatic heterocycles. The van der Waals surface area contributed by atoms with Crippen LogP contribution in [0.15, 0.2) is 0 Å². The SMILES string of the molecule is CCCNC(C)CCCCN1CC(C)(C)OC(C)(C)C1. The van der Waals surface area contributed by atoms with Gasteiger partial charge < -0.3 is 10.1 Å². The molecule has 1 unspecified atom stereocenters. The molecule has 1 N–H and O–H groups in total. The first-order valence-electron chi connectivity index (χ1n) is 8.40. The first-order chi connectivity index (χ1) is 9.24. The van der Waals surface area contributed by atoms with E-state index in [1.807, 2.05) is 0 Å². The van der Waals surface area contributed by atoms with Crippen molar-refractivity contribution in [2.75, 3.05) is 26.2 Å². The summed E-state index contributed by atoms with van der Waals surface area (Å²) < 4.78 is 6.13. The van der Waals surface area contributed by atoms with Crippen LogP contribution in [0.25, 0.3) is 0 Å². The van der Waals surface area contributed by atoms with Gasteiger partial charge >= 0.3 is 0 Å². The van der Waals surface area contributed by atoms with E-state index in [2.05, 4.69) is 51.8 Å². The van der Waals surface area contributed by atoms with Crippen LogP contribution in [0.4, 0.5) is 0 Å². The predicted octanol–water partition coefficient (Wildman–Crippen LogP) is 3.43. The average Bonchev–Trinajstić information content (AvgIpc) is 2.28. The minimum Gasteiger partial charge on any atom is -0.367 e. The molecule has 0 amide bonds. The van der Waals surface area contributed by atoms with Crippen molar-refractivity contribution in [1.29, 1.82) is 0 Å². The number of rotatable bonds is 8. The van der Waals surface area contributed by atoms with Gasteiger partial charge in [0.15, 0.2) is 0 Å². The second-order valence-corrected chi connectivity index (χ2v) is 7.68. The number of unbranched alkanes of at least 4 members (excludes halogenated alkanes) is 1. The van der Waals surface area contributed by atoms with Gasteiger partial charge in [-0.15, -0.1) is 0 Å². The van der Waals surface area contributed by atoms with Crippen LogP contribution in [-0.2, 0) is 4.74 Å². The van der Waals surface area contributed by atoms with Crippen molar-refractivity contribution in [3.05, 3.63) is 0 Å². The fourth-order valence-electron chi connectivity index (χ4n) is 3.38. The summed E-state index contributed by atoms with van der Waals surface area (Å²) in [6.07, 6.45) is 5.12. The van der Waals surface area contributed by atoms with Gasteiger partial charge in [-0.05, 0) is 67.0 Å². The molecule has 1 saturated heterocycles. The highest BCUT2D eigenvalue weighted by molar-refractivity contribution is 4.88. The van der Waals surface area contributed by atoms with Crippen LogP contribution in [0.1, 0.15) is 67.2 Å². The Morgan fingerprint density at radius 2 is 1.70 bits per heavy atom. The van der Waals surface area contributed by atoms with Gasteiger partial charge in [-0.2, -0.15) is 0 Å². The minimum absolute atomic E-state index is 0.0161. The molecule has 1 aliphatic heterocycles. The maximum absolute atomic E-state index is 6.13. The molecule has 0 aromatic carbocycles. The maximum Gasteiger partial charge on any atom is 0.0760 e. The fourth-order valence-corrected chi connectivity index (χ4v) is 3.38. The number of nitrogens with one attached hydrogen (secondary N) is 1. The summed E-state index contributed by atoms with van der Waals surface area (Å²) >= 11 is 0. The number of nitrogens with zero attached hydrogens (tertiary/aromatic N) is 1. The van der Waals surface area contributed by atoms with E-state index in [0.29, 0.717) is 6.04 Å². The summed E-state index contributed by atoms with van der Waals surface area (Å²) in [6.45, 7) is 17.8. The Morgan fingerprint density at radius 1 is 1.10 bits per heavy atom. The molecule has 0 radical (unpaired) electrons. The predicted molar refractivity (Wildman–Crippen MR) is 87.3 cm³/mol. The Balaban J connectivity index is 2.21. The maximum atomic E-state index is 6.13. The zero-order chi connectivity index (χ0) is 15.2. The highest BCUT2D eigenvalue weighted by Gasteiger charge is 2.37. The molecule has 1 atom stereocenters. The molecule has 120 valence electrons. The quantitative estimate of drug-likeness (QED) is 0.691. The third kappa shape index (κ3) is 7.05. The largest absolute Gasteiger partial charge is 0.367 e. The Kier molecular flexibility index (Phi) is 6.96. The van der Waals surface area contributed by atoms with Gasteiger partial charge in [-0.25, -0.2) is 0 Å². The summed E-state index contributed by atoms with van der Waals surface area (Å²) in [5, 5.41) is 3.56. The molecule has 0 bridgehead atoms. The highest BCUT2D eigenvalue weighted by Crippen LogP contribution is 2.28. The summed E-state index contributed by atoms with van der Waals surface area (Å²) in [4.78, 5) is 2.58. The normalized spacial score (nSPS) is 23.7. The van der Waals surface area contributed by atoms with Crippen molar-refractivity contribution >= 4 is 0 Å². The van der Waals surface area contributed by atoms with Crippen LogP contribution >= 0.6 is 0 Å². The molecule has 1 aliphatic rings. The van der Waals surface area contributed by atoms with Crippen molar-refractivity contribution in [3.8, 4) is 0 Å². The van der Waals surface area contributed by atoms with Gasteiger partial charge in [-0.3, -0.25) is 4.90 Å². The van der Waals surface area contributed by atoms with Crippen LogP contribution < -0.4 is 5.32 Å². The molecular formula is C17H36N2O. The van der Waals surface area contributed by atoms with Crippen LogP contribution in [-0.4, -0.2) is 48.3 Å². The number of hydrogen-bond donors (Lipinski definition) is 1. The molecule has 3 nitrogen and oxygen atoms in total. The van der Waals surface area contributed by atoms with Crippen molar-refractivity contribution in [3.63, 3.8) is 0 Å². The Morgan fingerprint density at radius 3 is 2.25 bits per heavy atom. The minimum atomic E-state index is -0.0161.